The molecular formula is C13H17N3O2. The summed E-state index contributed by atoms with van der Waals surface area (Å²) in [5.41, 5.74) is 6.34. The number of aromatic nitrogens is 1. The average molecular weight is 247 g/mol. The molecule has 0 aliphatic carbocycles. The van der Waals surface area contributed by atoms with Gasteiger partial charge in [0.2, 0.25) is 0 Å². The second-order valence-corrected chi connectivity index (χ2v) is 3.55. The summed E-state index contributed by atoms with van der Waals surface area (Å²) in [6, 6.07) is 3.36. The van der Waals surface area contributed by atoms with E-state index < -0.39 is 0 Å². The van der Waals surface area contributed by atoms with Gasteiger partial charge in [-0.2, -0.15) is 0 Å². The van der Waals surface area contributed by atoms with Crippen LogP contribution in [0.1, 0.15) is 23.0 Å². The number of amides is 1. The highest BCUT2D eigenvalue weighted by molar-refractivity contribution is 5.92. The lowest BCUT2D eigenvalue weighted by Crippen LogP contribution is -2.33. The van der Waals surface area contributed by atoms with Gasteiger partial charge in [0.05, 0.1) is 13.2 Å². The Morgan fingerprint density at radius 3 is 2.83 bits per heavy atom. The summed E-state index contributed by atoms with van der Waals surface area (Å²) in [6.45, 7) is 2.94. The van der Waals surface area contributed by atoms with E-state index in [1.165, 1.54) is 4.90 Å². The Morgan fingerprint density at radius 2 is 2.33 bits per heavy atom. The van der Waals surface area contributed by atoms with Crippen molar-refractivity contribution in [3.8, 4) is 11.8 Å². The molecule has 0 atom stereocenters. The average Bonchev–Trinajstić information content (AvgIpc) is 2.42. The molecule has 0 unspecified atom stereocenters. The normalized spacial score (nSPS) is 9.50. The van der Waals surface area contributed by atoms with Crippen molar-refractivity contribution in [2.24, 2.45) is 5.73 Å². The second-order valence-electron chi connectivity index (χ2n) is 3.55. The van der Waals surface area contributed by atoms with Crippen LogP contribution in [0.2, 0.25) is 0 Å². The molecule has 1 amide bonds. The number of likely N-dealkylation sites (N-methyl/N-ethyl adjacent to an activating group) is 1. The number of aliphatic hydroxyl groups is 1. The molecule has 0 spiro atoms. The van der Waals surface area contributed by atoms with Gasteiger partial charge in [-0.1, -0.05) is 11.8 Å². The van der Waals surface area contributed by atoms with Gasteiger partial charge in [0, 0.05) is 24.8 Å². The molecular weight excluding hydrogens is 230 g/mol. The maximum atomic E-state index is 12.0. The van der Waals surface area contributed by atoms with Crippen molar-refractivity contribution in [2.75, 3.05) is 26.2 Å². The molecule has 0 saturated carbocycles. The third-order valence-corrected chi connectivity index (χ3v) is 2.36. The Kier molecular flexibility index (Phi) is 5.85. The van der Waals surface area contributed by atoms with Crippen LogP contribution in [0.25, 0.3) is 0 Å². The van der Waals surface area contributed by atoms with Gasteiger partial charge >= 0.3 is 0 Å². The number of hydrogen-bond acceptors (Lipinski definition) is 4. The largest absolute Gasteiger partial charge is 0.395 e. The van der Waals surface area contributed by atoms with Gasteiger partial charge < -0.3 is 15.7 Å². The molecule has 5 heteroatoms. The molecule has 1 aromatic heterocycles. The number of pyridine rings is 1. The van der Waals surface area contributed by atoms with E-state index in [1.807, 2.05) is 6.92 Å². The quantitative estimate of drug-likeness (QED) is 0.725. The molecule has 0 aliphatic heterocycles. The standard InChI is InChI=1S/C13H17N3O2/c1-2-16(8-9-17)13(18)12-6-5-11(10-15-12)4-3-7-14/h5-6,10,17H,2,7-9,14H2,1H3. The first-order valence-electron chi connectivity index (χ1n) is 5.78. The first kappa shape index (κ1) is 14.2. The van der Waals surface area contributed by atoms with Gasteiger partial charge in [-0.3, -0.25) is 4.79 Å². The van der Waals surface area contributed by atoms with Crippen molar-refractivity contribution in [3.63, 3.8) is 0 Å². The van der Waals surface area contributed by atoms with Gasteiger partial charge in [-0.25, -0.2) is 4.98 Å². The van der Waals surface area contributed by atoms with Crippen LogP contribution in [0.15, 0.2) is 18.3 Å². The topological polar surface area (TPSA) is 79.5 Å². The zero-order chi connectivity index (χ0) is 13.4. The monoisotopic (exact) mass is 247 g/mol. The number of rotatable bonds is 4. The van der Waals surface area contributed by atoms with Crippen LogP contribution in [0, 0.1) is 11.8 Å². The molecule has 5 nitrogen and oxygen atoms in total. The van der Waals surface area contributed by atoms with Crippen LogP contribution in [-0.4, -0.2) is 47.1 Å². The summed E-state index contributed by atoms with van der Waals surface area (Å²) in [4.78, 5) is 17.6. The third-order valence-electron chi connectivity index (χ3n) is 2.36. The smallest absolute Gasteiger partial charge is 0.272 e. The van der Waals surface area contributed by atoms with Crippen LogP contribution in [0.3, 0.4) is 0 Å². The molecule has 1 rings (SSSR count). The van der Waals surface area contributed by atoms with Crippen LogP contribution >= 0.6 is 0 Å². The van der Waals surface area contributed by atoms with E-state index in [-0.39, 0.29) is 12.5 Å². The number of nitrogens with zero attached hydrogens (tertiary/aromatic N) is 2. The van der Waals surface area contributed by atoms with Crippen LogP contribution < -0.4 is 5.73 Å². The van der Waals surface area contributed by atoms with Crippen molar-refractivity contribution >= 4 is 5.91 Å². The Labute approximate surface area is 107 Å². The minimum Gasteiger partial charge on any atom is -0.395 e. The molecule has 0 aliphatic rings. The van der Waals surface area contributed by atoms with Crippen LogP contribution in [0.5, 0.6) is 0 Å². The fourth-order valence-corrected chi connectivity index (χ4v) is 1.43. The first-order chi connectivity index (χ1) is 8.72. The van der Waals surface area contributed by atoms with Crippen molar-refractivity contribution in [1.29, 1.82) is 0 Å². The molecule has 0 bridgehead atoms. The van der Waals surface area contributed by atoms with Crippen LogP contribution in [-0.2, 0) is 0 Å². The number of aliphatic hydroxyl groups excluding tert-OH is 1. The van der Waals surface area contributed by atoms with Crippen LogP contribution in [0.4, 0.5) is 0 Å². The highest BCUT2D eigenvalue weighted by Gasteiger charge is 2.14. The SMILES string of the molecule is CCN(CCO)C(=O)c1ccc(C#CCN)cn1. The van der Waals surface area contributed by atoms with Crippen molar-refractivity contribution in [1.82, 2.24) is 9.88 Å². The fourth-order valence-electron chi connectivity index (χ4n) is 1.43. The van der Waals surface area contributed by atoms with Crippen molar-refractivity contribution in [3.05, 3.63) is 29.6 Å². The summed E-state index contributed by atoms with van der Waals surface area (Å²) >= 11 is 0. The van der Waals surface area contributed by atoms with Gasteiger partial charge in [-0.15, -0.1) is 0 Å². The maximum absolute atomic E-state index is 12.0. The Morgan fingerprint density at radius 1 is 1.56 bits per heavy atom. The predicted molar refractivity (Wildman–Crippen MR) is 68.8 cm³/mol. The number of carbonyl (C=O) groups is 1. The maximum Gasteiger partial charge on any atom is 0.272 e. The Balaban J connectivity index is 2.80. The summed E-state index contributed by atoms with van der Waals surface area (Å²) < 4.78 is 0. The summed E-state index contributed by atoms with van der Waals surface area (Å²) in [6.07, 6.45) is 1.54. The molecule has 96 valence electrons. The second kappa shape index (κ2) is 7.43. The molecule has 1 aromatic rings. The number of hydrogen-bond donors (Lipinski definition) is 2. The van der Waals surface area contributed by atoms with Crippen molar-refractivity contribution < 1.29 is 9.90 Å². The lowest BCUT2D eigenvalue weighted by atomic mass is 10.2. The fraction of sp³-hybridized carbons (Fsp3) is 0.385. The van der Waals surface area contributed by atoms with Gasteiger partial charge in [-0.05, 0) is 19.1 Å². The predicted octanol–water partition coefficient (Wildman–Crippen LogP) is -0.154. The van der Waals surface area contributed by atoms with E-state index in [1.54, 1.807) is 18.3 Å². The Hall–Kier alpha value is -1.90. The van der Waals surface area contributed by atoms with E-state index in [2.05, 4.69) is 16.8 Å². The molecule has 3 N–H and O–H groups in total. The molecule has 0 fully saturated rings. The number of nitrogens with two attached hydrogens (primary N) is 1. The van der Waals surface area contributed by atoms with E-state index >= 15 is 0 Å². The van der Waals surface area contributed by atoms with Gasteiger partial charge in [0.1, 0.15) is 5.69 Å². The molecule has 0 saturated heterocycles. The summed E-state index contributed by atoms with van der Waals surface area (Å²) in [5.74, 6) is 5.36. The van der Waals surface area contributed by atoms with Crippen molar-refractivity contribution in [2.45, 2.75) is 6.92 Å². The molecule has 18 heavy (non-hydrogen) atoms. The highest BCUT2D eigenvalue weighted by Crippen LogP contribution is 2.03. The summed E-state index contributed by atoms with van der Waals surface area (Å²) in [5, 5.41) is 8.86. The Bertz CT molecular complexity index is 446. The minimum atomic E-state index is -0.190. The van der Waals surface area contributed by atoms with Gasteiger partial charge in [0.15, 0.2) is 0 Å². The van der Waals surface area contributed by atoms with Gasteiger partial charge in [0.25, 0.3) is 5.91 Å². The molecule has 1 heterocycles. The lowest BCUT2D eigenvalue weighted by molar-refractivity contribution is 0.0726. The van der Waals surface area contributed by atoms with E-state index in [0.717, 1.165) is 5.56 Å². The number of carbonyl (C=O) groups excluding carboxylic acids is 1. The highest BCUT2D eigenvalue weighted by atomic mass is 16.3. The molecule has 0 aromatic carbocycles. The third kappa shape index (κ3) is 3.84. The molecule has 0 radical (unpaired) electrons. The zero-order valence-corrected chi connectivity index (χ0v) is 10.4. The minimum absolute atomic E-state index is 0.0559. The van der Waals surface area contributed by atoms with E-state index in [4.69, 9.17) is 10.8 Å². The zero-order valence-electron chi connectivity index (χ0n) is 10.4. The van der Waals surface area contributed by atoms with E-state index in [0.29, 0.717) is 25.3 Å². The first-order valence-corrected chi connectivity index (χ1v) is 5.78. The lowest BCUT2D eigenvalue weighted by Gasteiger charge is -2.18. The summed E-state index contributed by atoms with van der Waals surface area (Å²) in [7, 11) is 0. The van der Waals surface area contributed by atoms with E-state index in [9.17, 15) is 4.79 Å².